The molecule has 2 rings (SSSR count). The molecule has 4 atom stereocenters. The second-order valence-electron chi connectivity index (χ2n) is 3.57. The minimum absolute atomic E-state index is 0. The van der Waals surface area contributed by atoms with Crippen LogP contribution in [0, 0.1) is 24.7 Å². The fraction of sp³-hybridized carbons (Fsp3) is 0.875. The van der Waals surface area contributed by atoms with Crippen LogP contribution in [0.5, 0.6) is 0 Å². The van der Waals surface area contributed by atoms with Crippen molar-refractivity contribution in [2.45, 2.75) is 25.3 Å². The maximum atomic E-state index is 5.90. The molecule has 4 unspecified atom stereocenters. The molecule has 0 radical (unpaired) electrons. The van der Waals surface area contributed by atoms with Gasteiger partial charge in [0, 0.05) is 0 Å². The number of hydrogen-bond acceptors (Lipinski definition) is 1. The average molecular weight is 213 g/mol. The Morgan fingerprint density at radius 2 is 1.80 bits per heavy atom. The number of nitrogens with two attached hydrogens (primary N) is 1. The first kappa shape index (κ1) is 9.15. The summed E-state index contributed by atoms with van der Waals surface area (Å²) < 4.78 is 0. The summed E-state index contributed by atoms with van der Waals surface area (Å²) in [6, 6.07) is 0.434. The molecule has 2 N–H and O–H groups in total. The summed E-state index contributed by atoms with van der Waals surface area (Å²) in [7, 11) is 0. The standard InChI is InChI=1S/C8H14N.Y/c1-5-6-2-3-7(4-6)8(5)9;/h5-8H,1-4,9H2;/q-1;+3. The van der Waals surface area contributed by atoms with E-state index < -0.39 is 0 Å². The van der Waals surface area contributed by atoms with Gasteiger partial charge in [0.15, 0.2) is 0 Å². The van der Waals surface area contributed by atoms with Gasteiger partial charge in [0.05, 0.1) is 0 Å². The topological polar surface area (TPSA) is 26.0 Å². The first-order valence-electron chi connectivity index (χ1n) is 3.87. The van der Waals surface area contributed by atoms with E-state index in [9.17, 15) is 0 Å². The molecule has 10 heavy (non-hydrogen) atoms. The van der Waals surface area contributed by atoms with E-state index in [1.54, 1.807) is 0 Å². The molecule has 0 aliphatic heterocycles. The minimum Gasteiger partial charge on any atom is -0.339 e. The van der Waals surface area contributed by atoms with Gasteiger partial charge in [0.25, 0.3) is 0 Å². The summed E-state index contributed by atoms with van der Waals surface area (Å²) in [4.78, 5) is 0. The number of fused-ring (bicyclic) bond motifs is 2. The van der Waals surface area contributed by atoms with Gasteiger partial charge in [0.2, 0.25) is 0 Å². The molecule has 2 aliphatic carbocycles. The fourth-order valence-electron chi connectivity index (χ4n) is 2.46. The number of rotatable bonds is 0. The van der Waals surface area contributed by atoms with Gasteiger partial charge in [-0.2, -0.15) is 5.92 Å². The summed E-state index contributed by atoms with van der Waals surface area (Å²) in [5, 5.41) is 0. The Kier molecular flexibility index (Phi) is 2.93. The molecule has 0 aromatic carbocycles. The molecule has 0 saturated heterocycles. The van der Waals surface area contributed by atoms with E-state index in [1.165, 1.54) is 19.3 Å². The van der Waals surface area contributed by atoms with Gasteiger partial charge in [-0.25, -0.2) is 0 Å². The van der Waals surface area contributed by atoms with Crippen LogP contribution in [0.2, 0.25) is 0 Å². The molecule has 0 heterocycles. The van der Waals surface area contributed by atoms with Gasteiger partial charge in [-0.3, -0.25) is 0 Å². The summed E-state index contributed by atoms with van der Waals surface area (Å²) in [5.74, 6) is 2.28. The van der Waals surface area contributed by atoms with Crippen molar-refractivity contribution in [2.24, 2.45) is 23.5 Å². The Bertz CT molecular complexity index is 108. The van der Waals surface area contributed by atoms with Gasteiger partial charge in [-0.05, 0) is 24.8 Å². The van der Waals surface area contributed by atoms with Crippen molar-refractivity contribution in [2.75, 3.05) is 0 Å². The Balaban J connectivity index is 0.000000500. The van der Waals surface area contributed by atoms with Crippen molar-refractivity contribution in [3.05, 3.63) is 6.92 Å². The average Bonchev–Trinajstić information content (AvgIpc) is 2.37. The van der Waals surface area contributed by atoms with Crippen LogP contribution in [0.1, 0.15) is 19.3 Å². The van der Waals surface area contributed by atoms with Crippen molar-refractivity contribution in [3.63, 3.8) is 0 Å². The summed E-state index contributed by atoms with van der Waals surface area (Å²) in [5.41, 5.74) is 5.90. The molecule has 52 valence electrons. The van der Waals surface area contributed by atoms with E-state index >= 15 is 0 Å². The molecule has 2 saturated carbocycles. The molecule has 0 aromatic rings. The van der Waals surface area contributed by atoms with Crippen LogP contribution in [0.3, 0.4) is 0 Å². The van der Waals surface area contributed by atoms with Crippen LogP contribution < -0.4 is 5.73 Å². The third kappa shape index (κ3) is 1.21. The van der Waals surface area contributed by atoms with Gasteiger partial charge in [-0.1, -0.05) is 12.3 Å². The van der Waals surface area contributed by atoms with Gasteiger partial charge in [-0.15, -0.1) is 0 Å². The Labute approximate surface area is 88.0 Å². The first-order valence-corrected chi connectivity index (χ1v) is 3.87. The summed E-state index contributed by atoms with van der Waals surface area (Å²) in [6.07, 6.45) is 4.14. The van der Waals surface area contributed by atoms with Gasteiger partial charge < -0.3 is 12.7 Å². The van der Waals surface area contributed by atoms with Crippen LogP contribution in [-0.2, 0) is 32.7 Å². The Morgan fingerprint density at radius 1 is 1.20 bits per heavy atom. The molecular weight excluding hydrogens is 199 g/mol. The van der Waals surface area contributed by atoms with E-state index in [0.29, 0.717) is 12.0 Å². The molecule has 0 amide bonds. The van der Waals surface area contributed by atoms with Crippen molar-refractivity contribution in [3.8, 4) is 0 Å². The molecule has 1 nitrogen and oxygen atoms in total. The van der Waals surface area contributed by atoms with E-state index in [2.05, 4.69) is 6.92 Å². The maximum Gasteiger partial charge on any atom is 3.00 e. The van der Waals surface area contributed by atoms with Crippen LogP contribution in [0.25, 0.3) is 0 Å². The predicted octanol–water partition coefficient (Wildman–Crippen LogP) is 1.19. The Morgan fingerprint density at radius 3 is 2.10 bits per heavy atom. The fourth-order valence-corrected chi connectivity index (χ4v) is 2.46. The zero-order valence-corrected chi connectivity index (χ0v) is 9.13. The van der Waals surface area contributed by atoms with Crippen LogP contribution in [-0.4, -0.2) is 6.04 Å². The van der Waals surface area contributed by atoms with Crippen LogP contribution >= 0.6 is 0 Å². The first-order chi connectivity index (χ1) is 4.29. The molecule has 2 heteroatoms. The zero-order chi connectivity index (χ0) is 6.43. The second kappa shape index (κ2) is 3.20. The molecule has 2 bridgehead atoms. The number of hydrogen-bond donors (Lipinski definition) is 1. The van der Waals surface area contributed by atoms with Gasteiger partial charge in [0.1, 0.15) is 0 Å². The molecule has 2 aliphatic rings. The second-order valence-corrected chi connectivity index (χ2v) is 3.57. The molecule has 0 spiro atoms. The third-order valence-corrected chi connectivity index (χ3v) is 3.16. The smallest absolute Gasteiger partial charge is 0.339 e. The molecule has 2 fully saturated rings. The summed E-state index contributed by atoms with van der Waals surface area (Å²) in [6.45, 7) is 4.08. The van der Waals surface area contributed by atoms with E-state index in [4.69, 9.17) is 5.73 Å². The van der Waals surface area contributed by atoms with Crippen molar-refractivity contribution < 1.29 is 32.7 Å². The van der Waals surface area contributed by atoms with E-state index in [-0.39, 0.29) is 32.7 Å². The largest absolute Gasteiger partial charge is 3.00 e. The molecular formula is C8H14NY+2. The quantitative estimate of drug-likeness (QED) is 0.601. The minimum atomic E-state index is 0. The van der Waals surface area contributed by atoms with Crippen LogP contribution in [0.15, 0.2) is 0 Å². The summed E-state index contributed by atoms with van der Waals surface area (Å²) >= 11 is 0. The third-order valence-electron chi connectivity index (χ3n) is 3.16. The van der Waals surface area contributed by atoms with E-state index in [0.717, 1.165) is 11.8 Å². The Hall–Kier alpha value is 1.06. The molecule has 0 aromatic heterocycles. The predicted molar refractivity (Wildman–Crippen MR) is 37.7 cm³/mol. The van der Waals surface area contributed by atoms with Crippen molar-refractivity contribution >= 4 is 0 Å². The zero-order valence-electron chi connectivity index (χ0n) is 6.29. The van der Waals surface area contributed by atoms with E-state index in [1.807, 2.05) is 0 Å². The normalized spacial score (nSPS) is 51.0. The van der Waals surface area contributed by atoms with Crippen LogP contribution in [0.4, 0.5) is 0 Å². The van der Waals surface area contributed by atoms with Crippen molar-refractivity contribution in [1.29, 1.82) is 0 Å². The van der Waals surface area contributed by atoms with Gasteiger partial charge >= 0.3 is 32.7 Å². The monoisotopic (exact) mass is 213 g/mol. The van der Waals surface area contributed by atoms with Crippen molar-refractivity contribution in [1.82, 2.24) is 0 Å². The SMILES string of the molecule is [CH2-]C1C2CCC(C2)C1N.[Y+3]. The maximum absolute atomic E-state index is 5.90.